The highest BCUT2D eigenvalue weighted by Gasteiger charge is 2.34. The molecule has 7 nitrogen and oxygen atoms in total. The van der Waals surface area contributed by atoms with Gasteiger partial charge >= 0.3 is 0 Å². The molecule has 0 spiro atoms. The maximum Gasteiger partial charge on any atom is 0.254 e. The number of aromatic nitrogens is 5. The van der Waals surface area contributed by atoms with Gasteiger partial charge in [-0.3, -0.25) is 9.78 Å². The van der Waals surface area contributed by atoms with Gasteiger partial charge in [0.1, 0.15) is 0 Å². The average molecular weight is 451 g/mol. The number of aryl methyl sites for hydroxylation is 3. The summed E-state index contributed by atoms with van der Waals surface area (Å²) in [6.07, 6.45) is 8.30. The van der Waals surface area contributed by atoms with Crippen LogP contribution in [0.5, 0.6) is 0 Å². The molecule has 7 heteroatoms. The van der Waals surface area contributed by atoms with Gasteiger partial charge in [-0.15, -0.1) is 0 Å². The van der Waals surface area contributed by atoms with Gasteiger partial charge in [-0.05, 0) is 55.9 Å². The maximum absolute atomic E-state index is 13.1. The third kappa shape index (κ3) is 3.87. The van der Waals surface area contributed by atoms with E-state index >= 15 is 0 Å². The smallest absolute Gasteiger partial charge is 0.254 e. The molecule has 0 saturated heterocycles. The van der Waals surface area contributed by atoms with Crippen molar-refractivity contribution in [2.24, 2.45) is 0 Å². The molecule has 4 aromatic rings. The molecule has 170 valence electrons. The summed E-state index contributed by atoms with van der Waals surface area (Å²) in [5, 5.41) is 7.61. The van der Waals surface area contributed by atoms with E-state index < -0.39 is 0 Å². The summed E-state index contributed by atoms with van der Waals surface area (Å²) >= 11 is 0. The van der Waals surface area contributed by atoms with Crippen LogP contribution in [0.25, 0.3) is 17.2 Å². The van der Waals surface area contributed by atoms with E-state index in [2.05, 4.69) is 38.6 Å². The molecule has 1 fully saturated rings. The molecule has 2 aliphatic rings. The van der Waals surface area contributed by atoms with E-state index in [4.69, 9.17) is 4.98 Å². The van der Waals surface area contributed by atoms with E-state index in [9.17, 15) is 4.79 Å². The number of carbonyl (C=O) groups is 1. The monoisotopic (exact) mass is 450 g/mol. The van der Waals surface area contributed by atoms with Crippen LogP contribution in [0.4, 0.5) is 0 Å². The summed E-state index contributed by atoms with van der Waals surface area (Å²) in [7, 11) is 0. The van der Waals surface area contributed by atoms with Crippen molar-refractivity contribution in [2.45, 2.75) is 44.9 Å². The van der Waals surface area contributed by atoms with Crippen molar-refractivity contribution in [1.82, 2.24) is 30.0 Å². The van der Waals surface area contributed by atoms with Gasteiger partial charge in [0.15, 0.2) is 0 Å². The van der Waals surface area contributed by atoms with Gasteiger partial charge in [-0.1, -0.05) is 30.3 Å². The third-order valence-corrected chi connectivity index (χ3v) is 6.61. The lowest BCUT2D eigenvalue weighted by molar-refractivity contribution is 0.0953. The Morgan fingerprint density at radius 2 is 1.88 bits per heavy atom. The minimum atomic E-state index is -0.107. The quantitative estimate of drug-likeness (QED) is 0.480. The van der Waals surface area contributed by atoms with E-state index in [1.165, 1.54) is 5.56 Å². The minimum Gasteiger partial charge on any atom is -0.352 e. The molecule has 1 N–H and O–H groups in total. The van der Waals surface area contributed by atoms with Gasteiger partial charge in [-0.25, -0.2) is 14.6 Å². The molecule has 1 amide bonds. The van der Waals surface area contributed by atoms with Crippen molar-refractivity contribution in [2.75, 3.05) is 6.54 Å². The van der Waals surface area contributed by atoms with Crippen molar-refractivity contribution < 1.29 is 4.79 Å². The van der Waals surface area contributed by atoms with Crippen LogP contribution in [0.3, 0.4) is 0 Å². The van der Waals surface area contributed by atoms with Crippen LogP contribution in [-0.2, 0) is 19.3 Å². The highest BCUT2D eigenvalue weighted by molar-refractivity contribution is 5.95. The van der Waals surface area contributed by atoms with Gasteiger partial charge in [0.05, 0.1) is 23.1 Å². The number of pyridine rings is 1. The standard InChI is InChI=1S/C27H26N6O/c1-17-5-4-7-21(31-17)13-14-28-26(34)23-16-30-33(25(23)19-10-11-19)27-29-15-20-12-9-18-6-2-3-8-22(18)24(20)32-27/h2-8,15-16,19H,9-14H2,1H3,(H,28,34). The number of amides is 1. The molecular formula is C27H26N6O. The largest absolute Gasteiger partial charge is 0.352 e. The van der Waals surface area contributed by atoms with Crippen LogP contribution < -0.4 is 5.32 Å². The predicted molar refractivity (Wildman–Crippen MR) is 129 cm³/mol. The molecule has 3 aromatic heterocycles. The van der Waals surface area contributed by atoms with Gasteiger partial charge in [0.25, 0.3) is 11.9 Å². The zero-order valence-corrected chi connectivity index (χ0v) is 19.2. The number of carbonyl (C=O) groups excluding carboxylic acids is 1. The van der Waals surface area contributed by atoms with Crippen molar-refractivity contribution in [3.8, 4) is 17.2 Å². The second-order valence-electron chi connectivity index (χ2n) is 9.11. The Bertz CT molecular complexity index is 1390. The molecule has 0 atom stereocenters. The van der Waals surface area contributed by atoms with Crippen molar-refractivity contribution >= 4 is 5.91 Å². The summed E-state index contributed by atoms with van der Waals surface area (Å²) in [5.74, 6) is 0.734. The fraction of sp³-hybridized carbons (Fsp3) is 0.296. The Kier molecular flexibility index (Phi) is 5.17. The molecule has 2 aliphatic carbocycles. The highest BCUT2D eigenvalue weighted by atomic mass is 16.1. The molecule has 3 heterocycles. The predicted octanol–water partition coefficient (Wildman–Crippen LogP) is 3.98. The van der Waals surface area contributed by atoms with Crippen molar-refractivity contribution in [3.63, 3.8) is 0 Å². The lowest BCUT2D eigenvalue weighted by Crippen LogP contribution is -2.26. The minimum absolute atomic E-state index is 0.107. The molecule has 1 saturated carbocycles. The van der Waals surface area contributed by atoms with E-state index in [1.54, 1.807) is 10.9 Å². The van der Waals surface area contributed by atoms with Crippen molar-refractivity contribution in [1.29, 1.82) is 0 Å². The lowest BCUT2D eigenvalue weighted by Gasteiger charge is -2.19. The first kappa shape index (κ1) is 20.7. The zero-order chi connectivity index (χ0) is 23.1. The molecule has 6 rings (SSSR count). The molecule has 0 unspecified atom stereocenters. The maximum atomic E-state index is 13.1. The van der Waals surface area contributed by atoms with Crippen LogP contribution in [0, 0.1) is 6.92 Å². The van der Waals surface area contributed by atoms with E-state index in [-0.39, 0.29) is 5.91 Å². The van der Waals surface area contributed by atoms with Gasteiger partial charge in [0, 0.05) is 42.0 Å². The van der Waals surface area contributed by atoms with Gasteiger partial charge in [0.2, 0.25) is 0 Å². The average Bonchev–Trinajstić information content (AvgIpc) is 3.61. The molecule has 1 aromatic carbocycles. The fourth-order valence-corrected chi connectivity index (χ4v) is 4.73. The summed E-state index contributed by atoms with van der Waals surface area (Å²) in [4.78, 5) is 27.1. The Morgan fingerprint density at radius 1 is 1.03 bits per heavy atom. The molecule has 34 heavy (non-hydrogen) atoms. The molecular weight excluding hydrogens is 424 g/mol. The summed E-state index contributed by atoms with van der Waals surface area (Å²) < 4.78 is 1.77. The van der Waals surface area contributed by atoms with Crippen LogP contribution >= 0.6 is 0 Å². The van der Waals surface area contributed by atoms with E-state index in [1.807, 2.05) is 37.4 Å². The Hall–Kier alpha value is -3.87. The first-order chi connectivity index (χ1) is 16.7. The second-order valence-corrected chi connectivity index (χ2v) is 9.11. The number of rotatable bonds is 6. The molecule has 0 aliphatic heterocycles. The molecule has 0 bridgehead atoms. The van der Waals surface area contributed by atoms with Gasteiger partial charge < -0.3 is 5.32 Å². The first-order valence-corrected chi connectivity index (χ1v) is 11.9. The summed E-state index contributed by atoms with van der Waals surface area (Å²) in [6, 6.07) is 14.4. The van der Waals surface area contributed by atoms with Crippen LogP contribution in [0.1, 0.15) is 57.3 Å². The second kappa shape index (κ2) is 8.48. The fourth-order valence-electron chi connectivity index (χ4n) is 4.73. The number of nitrogens with one attached hydrogen (secondary N) is 1. The number of nitrogens with zero attached hydrogens (tertiary/aromatic N) is 5. The molecule has 0 radical (unpaired) electrons. The zero-order valence-electron chi connectivity index (χ0n) is 19.2. The van der Waals surface area contributed by atoms with Crippen LogP contribution in [-0.4, -0.2) is 37.2 Å². The van der Waals surface area contributed by atoms with E-state index in [0.29, 0.717) is 30.4 Å². The highest BCUT2D eigenvalue weighted by Crippen LogP contribution is 2.42. The number of hydrogen-bond donors (Lipinski definition) is 1. The Balaban J connectivity index is 1.27. The third-order valence-electron chi connectivity index (χ3n) is 6.61. The number of hydrogen-bond acceptors (Lipinski definition) is 5. The van der Waals surface area contributed by atoms with Crippen LogP contribution in [0.2, 0.25) is 0 Å². The van der Waals surface area contributed by atoms with Crippen molar-refractivity contribution in [3.05, 3.63) is 88.6 Å². The summed E-state index contributed by atoms with van der Waals surface area (Å²) in [5.41, 5.74) is 8.08. The first-order valence-electron chi connectivity index (χ1n) is 11.9. The number of fused-ring (bicyclic) bond motifs is 3. The van der Waals surface area contributed by atoms with E-state index in [0.717, 1.165) is 59.6 Å². The Morgan fingerprint density at radius 3 is 2.74 bits per heavy atom. The van der Waals surface area contributed by atoms with Gasteiger partial charge in [-0.2, -0.15) is 5.10 Å². The Labute approximate surface area is 198 Å². The summed E-state index contributed by atoms with van der Waals surface area (Å²) in [6.45, 7) is 2.50. The van der Waals surface area contributed by atoms with Crippen LogP contribution in [0.15, 0.2) is 54.9 Å². The lowest BCUT2D eigenvalue weighted by atomic mass is 9.90. The topological polar surface area (TPSA) is 85.6 Å². The normalized spacial score (nSPS) is 14.4. The SMILES string of the molecule is Cc1cccc(CCNC(=O)c2cnn(-c3ncc4c(n3)-c3ccccc3CC4)c2C2CC2)n1. The number of benzene rings is 1.